The summed E-state index contributed by atoms with van der Waals surface area (Å²) in [4.78, 5) is 11.9. The molecule has 1 aromatic rings. The molecule has 104 valence electrons. The van der Waals surface area contributed by atoms with Gasteiger partial charge < -0.3 is 9.84 Å². The number of hydrogen-bond donors (Lipinski definition) is 1. The van der Waals surface area contributed by atoms with Crippen LogP contribution >= 0.6 is 0 Å². The number of sulfonamides is 1. The summed E-state index contributed by atoms with van der Waals surface area (Å²) < 4.78 is 28.8. The fraction of sp³-hybridized carbons (Fsp3) is 0.636. The van der Waals surface area contributed by atoms with Crippen LogP contribution in [0.15, 0.2) is 10.6 Å². The minimum atomic E-state index is -3.15. The fourth-order valence-corrected chi connectivity index (χ4v) is 2.92. The molecule has 0 radical (unpaired) electrons. The van der Waals surface area contributed by atoms with Crippen molar-refractivity contribution < 1.29 is 17.7 Å². The van der Waals surface area contributed by atoms with E-state index in [9.17, 15) is 13.2 Å². The van der Waals surface area contributed by atoms with Crippen LogP contribution in [0.1, 0.15) is 35.0 Å². The van der Waals surface area contributed by atoms with Gasteiger partial charge in [0.25, 0.3) is 5.91 Å². The van der Waals surface area contributed by atoms with Gasteiger partial charge in [0.05, 0.1) is 12.3 Å². The molecule has 7 nitrogen and oxygen atoms in total. The van der Waals surface area contributed by atoms with Gasteiger partial charge in [0, 0.05) is 25.1 Å². The lowest BCUT2D eigenvalue weighted by molar-refractivity contribution is 0.0886. The van der Waals surface area contributed by atoms with Crippen molar-refractivity contribution in [3.63, 3.8) is 0 Å². The molecule has 0 unspecified atom stereocenters. The monoisotopic (exact) mass is 285 g/mol. The van der Waals surface area contributed by atoms with Crippen molar-refractivity contribution in [2.75, 3.05) is 19.3 Å². The summed E-state index contributed by atoms with van der Waals surface area (Å²) in [5, 5.41) is 6.48. The smallest absolute Gasteiger partial charge is 0.273 e. The first kappa shape index (κ1) is 12.6. The van der Waals surface area contributed by atoms with E-state index in [1.165, 1.54) is 4.31 Å². The normalized spacial score (nSPS) is 21.1. The van der Waals surface area contributed by atoms with Crippen LogP contribution < -0.4 is 5.32 Å². The first-order valence-corrected chi connectivity index (χ1v) is 8.01. The third kappa shape index (κ3) is 2.64. The zero-order valence-electron chi connectivity index (χ0n) is 10.5. The third-order valence-electron chi connectivity index (χ3n) is 3.39. The Labute approximate surface area is 111 Å². The Balaban J connectivity index is 1.54. The van der Waals surface area contributed by atoms with Crippen LogP contribution in [0.4, 0.5) is 0 Å². The number of aromatic nitrogens is 1. The summed E-state index contributed by atoms with van der Waals surface area (Å²) in [6, 6.07) is 1.52. The molecule has 1 saturated heterocycles. The fourth-order valence-electron chi connectivity index (χ4n) is 2.02. The van der Waals surface area contributed by atoms with E-state index in [0.717, 1.165) is 24.9 Å². The van der Waals surface area contributed by atoms with Gasteiger partial charge in [0.2, 0.25) is 10.0 Å². The van der Waals surface area contributed by atoms with Crippen LogP contribution in [0.2, 0.25) is 0 Å². The lowest BCUT2D eigenvalue weighted by atomic mass is 10.1. The minimum Gasteiger partial charge on any atom is -0.360 e. The average Bonchev–Trinajstić information content (AvgIpc) is 2.99. The molecule has 0 spiro atoms. The molecule has 1 aliphatic carbocycles. The number of rotatable bonds is 4. The van der Waals surface area contributed by atoms with Gasteiger partial charge in [0.15, 0.2) is 5.69 Å². The van der Waals surface area contributed by atoms with Gasteiger partial charge in [-0.05, 0) is 12.8 Å². The SMILES string of the molecule is CS(=O)(=O)N1CC(NC(=O)c2cc(C3CC3)on2)C1. The van der Waals surface area contributed by atoms with Crippen molar-refractivity contribution in [1.29, 1.82) is 0 Å². The summed E-state index contributed by atoms with van der Waals surface area (Å²) in [5.41, 5.74) is 0.264. The number of amides is 1. The van der Waals surface area contributed by atoms with Crippen LogP contribution in [0.5, 0.6) is 0 Å². The molecule has 2 aliphatic rings. The van der Waals surface area contributed by atoms with E-state index >= 15 is 0 Å². The highest BCUT2D eigenvalue weighted by Gasteiger charge is 2.35. The molecule has 1 aliphatic heterocycles. The predicted molar refractivity (Wildman–Crippen MR) is 66.1 cm³/mol. The number of carbonyl (C=O) groups excluding carboxylic acids is 1. The van der Waals surface area contributed by atoms with E-state index < -0.39 is 10.0 Å². The summed E-state index contributed by atoms with van der Waals surface area (Å²) in [6.07, 6.45) is 3.33. The molecular formula is C11H15N3O4S. The van der Waals surface area contributed by atoms with Crippen LogP contribution in [-0.2, 0) is 10.0 Å². The average molecular weight is 285 g/mol. The number of nitrogens with zero attached hydrogens (tertiary/aromatic N) is 2. The van der Waals surface area contributed by atoms with Crippen molar-refractivity contribution in [1.82, 2.24) is 14.8 Å². The second-order valence-corrected chi connectivity index (χ2v) is 7.12. The van der Waals surface area contributed by atoms with E-state index in [4.69, 9.17) is 4.52 Å². The van der Waals surface area contributed by atoms with E-state index in [1.807, 2.05) is 0 Å². The van der Waals surface area contributed by atoms with Gasteiger partial charge in [-0.3, -0.25) is 4.79 Å². The molecule has 0 atom stereocenters. The Kier molecular flexibility index (Phi) is 2.86. The maximum Gasteiger partial charge on any atom is 0.273 e. The van der Waals surface area contributed by atoms with E-state index in [0.29, 0.717) is 19.0 Å². The molecule has 1 aromatic heterocycles. The second kappa shape index (κ2) is 4.31. The topological polar surface area (TPSA) is 92.5 Å². The standard InChI is InChI=1S/C11H15N3O4S/c1-19(16,17)14-5-8(6-14)12-11(15)9-4-10(18-13-9)7-2-3-7/h4,7-8H,2-3,5-6H2,1H3,(H,12,15). The van der Waals surface area contributed by atoms with Crippen LogP contribution in [-0.4, -0.2) is 49.2 Å². The summed E-state index contributed by atoms with van der Waals surface area (Å²) in [5.74, 6) is 0.865. The maximum absolute atomic E-state index is 11.9. The van der Waals surface area contributed by atoms with Crippen LogP contribution in [0.25, 0.3) is 0 Å². The molecule has 0 bridgehead atoms. The highest BCUT2D eigenvalue weighted by atomic mass is 32.2. The Morgan fingerprint density at radius 3 is 2.74 bits per heavy atom. The molecule has 1 saturated carbocycles. The second-order valence-electron chi connectivity index (χ2n) is 5.14. The molecule has 1 N–H and O–H groups in total. The van der Waals surface area contributed by atoms with Gasteiger partial charge in [0.1, 0.15) is 5.76 Å². The maximum atomic E-state index is 11.9. The van der Waals surface area contributed by atoms with Crippen molar-refractivity contribution >= 4 is 15.9 Å². The molecule has 8 heteroatoms. The lowest BCUT2D eigenvalue weighted by Crippen LogP contribution is -2.60. The first-order valence-electron chi connectivity index (χ1n) is 6.16. The van der Waals surface area contributed by atoms with E-state index in [2.05, 4.69) is 10.5 Å². The van der Waals surface area contributed by atoms with Crippen LogP contribution in [0, 0.1) is 0 Å². The predicted octanol–water partition coefficient (Wildman–Crippen LogP) is -0.0744. The van der Waals surface area contributed by atoms with Crippen LogP contribution in [0.3, 0.4) is 0 Å². The summed E-state index contributed by atoms with van der Waals surface area (Å²) in [6.45, 7) is 0.635. The first-order chi connectivity index (χ1) is 8.93. The molecule has 19 heavy (non-hydrogen) atoms. The lowest BCUT2D eigenvalue weighted by Gasteiger charge is -2.37. The van der Waals surface area contributed by atoms with Gasteiger partial charge in [-0.25, -0.2) is 8.42 Å². The van der Waals surface area contributed by atoms with Gasteiger partial charge in [-0.2, -0.15) is 4.31 Å². The third-order valence-corrected chi connectivity index (χ3v) is 4.63. The molecular weight excluding hydrogens is 270 g/mol. The molecule has 0 aromatic carbocycles. The molecule has 1 amide bonds. The molecule has 3 rings (SSSR count). The number of nitrogens with one attached hydrogen (secondary N) is 1. The Morgan fingerprint density at radius 1 is 1.47 bits per heavy atom. The molecule has 2 heterocycles. The summed E-state index contributed by atoms with van der Waals surface area (Å²) >= 11 is 0. The largest absolute Gasteiger partial charge is 0.360 e. The molecule has 2 fully saturated rings. The Hall–Kier alpha value is -1.41. The van der Waals surface area contributed by atoms with Gasteiger partial charge >= 0.3 is 0 Å². The number of carbonyl (C=O) groups is 1. The Morgan fingerprint density at radius 2 is 2.16 bits per heavy atom. The Bertz CT molecular complexity index is 599. The van der Waals surface area contributed by atoms with E-state index in [-0.39, 0.29) is 17.6 Å². The summed E-state index contributed by atoms with van der Waals surface area (Å²) in [7, 11) is -3.15. The van der Waals surface area contributed by atoms with Crippen molar-refractivity contribution in [3.05, 3.63) is 17.5 Å². The van der Waals surface area contributed by atoms with Crippen molar-refractivity contribution in [2.24, 2.45) is 0 Å². The number of hydrogen-bond acceptors (Lipinski definition) is 5. The quantitative estimate of drug-likeness (QED) is 0.835. The van der Waals surface area contributed by atoms with Crippen molar-refractivity contribution in [3.8, 4) is 0 Å². The highest BCUT2D eigenvalue weighted by Crippen LogP contribution is 2.40. The zero-order chi connectivity index (χ0) is 13.6. The zero-order valence-corrected chi connectivity index (χ0v) is 11.3. The van der Waals surface area contributed by atoms with E-state index in [1.54, 1.807) is 6.07 Å². The van der Waals surface area contributed by atoms with Gasteiger partial charge in [-0.15, -0.1) is 0 Å². The van der Waals surface area contributed by atoms with Gasteiger partial charge in [-0.1, -0.05) is 5.16 Å². The minimum absolute atomic E-state index is 0.150. The highest BCUT2D eigenvalue weighted by molar-refractivity contribution is 7.88. The van der Waals surface area contributed by atoms with Crippen molar-refractivity contribution in [2.45, 2.75) is 24.8 Å².